The largest absolute Gasteiger partial charge is 0.334 e. The van der Waals surface area contributed by atoms with Crippen molar-refractivity contribution in [1.29, 1.82) is 0 Å². The molecule has 0 radical (unpaired) electrons. The predicted molar refractivity (Wildman–Crippen MR) is 109 cm³/mol. The van der Waals surface area contributed by atoms with Gasteiger partial charge in [0.2, 0.25) is 0 Å². The molecule has 2 aromatic rings. The maximum atomic E-state index is 12.8. The Morgan fingerprint density at radius 3 is 2.15 bits per heavy atom. The number of hydrogen-bond donors (Lipinski definition) is 1. The molecule has 0 aromatic heterocycles. The highest BCUT2D eigenvalue weighted by atomic mass is 16.2. The Morgan fingerprint density at radius 1 is 0.926 bits per heavy atom. The lowest BCUT2D eigenvalue weighted by Crippen LogP contribution is -2.48. The van der Waals surface area contributed by atoms with Gasteiger partial charge in [0.1, 0.15) is 0 Å². The first kappa shape index (κ1) is 19.4. The predicted octanol–water partition coefficient (Wildman–Crippen LogP) is 2.65. The second kappa shape index (κ2) is 10.1. The van der Waals surface area contributed by atoms with E-state index in [1.165, 1.54) is 0 Å². The maximum Gasteiger partial charge on any atom is 0.318 e. The summed E-state index contributed by atoms with van der Waals surface area (Å²) in [7, 11) is 2.16. The molecule has 2 amide bonds. The fourth-order valence-corrected chi connectivity index (χ4v) is 3.28. The standard InChI is InChI=1S/C22H30N4O/c1-24-12-14-25(15-13-24)16-17-26(19-21-10-6-3-7-11-21)22(27)23-18-20-8-4-2-5-9-20/h2-11H,12-19H2,1H3,(H,23,27). The molecule has 0 saturated carbocycles. The lowest BCUT2D eigenvalue weighted by molar-refractivity contribution is 0.135. The number of carbonyl (C=O) groups is 1. The van der Waals surface area contributed by atoms with Gasteiger partial charge in [-0.25, -0.2) is 4.79 Å². The van der Waals surface area contributed by atoms with Crippen molar-refractivity contribution in [2.75, 3.05) is 46.3 Å². The Morgan fingerprint density at radius 2 is 1.52 bits per heavy atom. The summed E-state index contributed by atoms with van der Waals surface area (Å²) in [4.78, 5) is 19.6. The molecule has 0 aliphatic carbocycles. The first-order chi connectivity index (χ1) is 13.2. The van der Waals surface area contributed by atoms with Crippen LogP contribution in [-0.4, -0.2) is 67.0 Å². The van der Waals surface area contributed by atoms with Crippen molar-refractivity contribution in [2.45, 2.75) is 13.1 Å². The maximum absolute atomic E-state index is 12.8. The summed E-state index contributed by atoms with van der Waals surface area (Å²) in [6.07, 6.45) is 0. The Balaban J connectivity index is 1.57. The molecule has 27 heavy (non-hydrogen) atoms. The third kappa shape index (κ3) is 6.38. The van der Waals surface area contributed by atoms with Gasteiger partial charge in [0.25, 0.3) is 0 Å². The number of urea groups is 1. The normalized spacial score (nSPS) is 15.4. The number of hydrogen-bond acceptors (Lipinski definition) is 3. The van der Waals surface area contributed by atoms with Crippen molar-refractivity contribution in [1.82, 2.24) is 20.0 Å². The highest BCUT2D eigenvalue weighted by Gasteiger charge is 2.18. The van der Waals surface area contributed by atoms with Gasteiger partial charge in [-0.1, -0.05) is 60.7 Å². The fraction of sp³-hybridized carbons (Fsp3) is 0.409. The number of amides is 2. The molecule has 0 bridgehead atoms. The zero-order valence-corrected chi connectivity index (χ0v) is 16.2. The molecule has 1 heterocycles. The fourth-order valence-electron chi connectivity index (χ4n) is 3.28. The van der Waals surface area contributed by atoms with E-state index < -0.39 is 0 Å². The summed E-state index contributed by atoms with van der Waals surface area (Å²) in [5.41, 5.74) is 2.27. The quantitative estimate of drug-likeness (QED) is 0.819. The molecule has 2 aromatic carbocycles. The topological polar surface area (TPSA) is 38.8 Å². The van der Waals surface area contributed by atoms with Gasteiger partial charge in [0.15, 0.2) is 0 Å². The van der Waals surface area contributed by atoms with Crippen LogP contribution in [0.5, 0.6) is 0 Å². The molecular formula is C22H30N4O. The molecular weight excluding hydrogens is 336 g/mol. The van der Waals surface area contributed by atoms with Crippen LogP contribution in [0.1, 0.15) is 11.1 Å². The van der Waals surface area contributed by atoms with Crippen LogP contribution in [-0.2, 0) is 13.1 Å². The molecule has 3 rings (SSSR count). The van der Waals surface area contributed by atoms with E-state index in [-0.39, 0.29) is 6.03 Å². The molecule has 0 unspecified atom stereocenters. The van der Waals surface area contributed by atoms with Gasteiger partial charge in [0, 0.05) is 52.4 Å². The van der Waals surface area contributed by atoms with E-state index in [4.69, 9.17) is 0 Å². The van der Waals surface area contributed by atoms with Gasteiger partial charge in [-0.05, 0) is 18.2 Å². The van der Waals surface area contributed by atoms with E-state index in [2.05, 4.69) is 34.3 Å². The number of rotatable bonds is 7. The summed E-state index contributed by atoms with van der Waals surface area (Å²) in [6.45, 7) is 7.17. The minimum absolute atomic E-state index is 0.00293. The number of piperazine rings is 1. The molecule has 144 valence electrons. The average Bonchev–Trinajstić information content (AvgIpc) is 2.72. The Labute approximate surface area is 162 Å². The molecule has 1 N–H and O–H groups in total. The van der Waals surface area contributed by atoms with Crippen LogP contribution >= 0.6 is 0 Å². The van der Waals surface area contributed by atoms with Crippen molar-refractivity contribution in [3.05, 3.63) is 71.8 Å². The van der Waals surface area contributed by atoms with Crippen molar-refractivity contribution in [3.8, 4) is 0 Å². The highest BCUT2D eigenvalue weighted by molar-refractivity contribution is 5.74. The van der Waals surface area contributed by atoms with Crippen LogP contribution < -0.4 is 5.32 Å². The van der Waals surface area contributed by atoms with Crippen LogP contribution in [0.25, 0.3) is 0 Å². The minimum Gasteiger partial charge on any atom is -0.334 e. The molecule has 0 spiro atoms. The number of likely N-dealkylation sites (N-methyl/N-ethyl adjacent to an activating group) is 1. The summed E-state index contributed by atoms with van der Waals surface area (Å²) < 4.78 is 0. The molecule has 0 atom stereocenters. The van der Waals surface area contributed by atoms with Crippen molar-refractivity contribution in [2.24, 2.45) is 0 Å². The van der Waals surface area contributed by atoms with Crippen LogP contribution in [0.15, 0.2) is 60.7 Å². The van der Waals surface area contributed by atoms with Gasteiger partial charge >= 0.3 is 6.03 Å². The van der Waals surface area contributed by atoms with Gasteiger partial charge in [-0.2, -0.15) is 0 Å². The second-order valence-corrected chi connectivity index (χ2v) is 7.20. The van der Waals surface area contributed by atoms with Crippen molar-refractivity contribution in [3.63, 3.8) is 0 Å². The Hall–Kier alpha value is -2.37. The van der Waals surface area contributed by atoms with Gasteiger partial charge in [-0.15, -0.1) is 0 Å². The second-order valence-electron chi connectivity index (χ2n) is 7.20. The van der Waals surface area contributed by atoms with E-state index in [0.29, 0.717) is 13.1 Å². The van der Waals surface area contributed by atoms with Crippen LogP contribution in [0.4, 0.5) is 4.79 Å². The highest BCUT2D eigenvalue weighted by Crippen LogP contribution is 2.07. The van der Waals surface area contributed by atoms with Crippen LogP contribution in [0.3, 0.4) is 0 Å². The monoisotopic (exact) mass is 366 g/mol. The van der Waals surface area contributed by atoms with Crippen LogP contribution in [0.2, 0.25) is 0 Å². The Kier molecular flexibility index (Phi) is 7.25. The van der Waals surface area contributed by atoms with E-state index >= 15 is 0 Å². The summed E-state index contributed by atoms with van der Waals surface area (Å²) in [5, 5.41) is 3.07. The minimum atomic E-state index is -0.00293. The SMILES string of the molecule is CN1CCN(CCN(Cc2ccccc2)C(=O)NCc2ccccc2)CC1. The first-order valence-corrected chi connectivity index (χ1v) is 9.72. The first-order valence-electron chi connectivity index (χ1n) is 9.72. The zero-order chi connectivity index (χ0) is 18.9. The van der Waals surface area contributed by atoms with Crippen molar-refractivity contribution < 1.29 is 4.79 Å². The van der Waals surface area contributed by atoms with E-state index in [0.717, 1.165) is 50.4 Å². The number of carbonyl (C=O) groups excluding carboxylic acids is 1. The van der Waals surface area contributed by atoms with E-state index in [9.17, 15) is 4.79 Å². The molecule has 1 saturated heterocycles. The summed E-state index contributed by atoms with van der Waals surface area (Å²) >= 11 is 0. The van der Waals surface area contributed by atoms with Crippen LogP contribution in [0, 0.1) is 0 Å². The zero-order valence-electron chi connectivity index (χ0n) is 16.2. The smallest absolute Gasteiger partial charge is 0.318 e. The average molecular weight is 367 g/mol. The molecule has 1 aliphatic rings. The van der Waals surface area contributed by atoms with Crippen molar-refractivity contribution >= 4 is 6.03 Å². The molecule has 5 nitrogen and oxygen atoms in total. The third-order valence-corrected chi connectivity index (χ3v) is 5.07. The Bertz CT molecular complexity index is 684. The van der Waals surface area contributed by atoms with E-state index in [1.807, 2.05) is 53.4 Å². The van der Waals surface area contributed by atoms with Gasteiger partial charge < -0.3 is 15.1 Å². The van der Waals surface area contributed by atoms with E-state index in [1.54, 1.807) is 0 Å². The lowest BCUT2D eigenvalue weighted by Gasteiger charge is -2.34. The molecule has 5 heteroatoms. The van der Waals surface area contributed by atoms with Gasteiger partial charge in [0.05, 0.1) is 0 Å². The molecule has 1 aliphatic heterocycles. The lowest BCUT2D eigenvalue weighted by atomic mass is 10.2. The summed E-state index contributed by atoms with van der Waals surface area (Å²) in [6, 6.07) is 20.3. The van der Waals surface area contributed by atoms with Gasteiger partial charge in [-0.3, -0.25) is 4.90 Å². The number of nitrogens with one attached hydrogen (secondary N) is 1. The summed E-state index contributed by atoms with van der Waals surface area (Å²) in [5.74, 6) is 0. The molecule has 1 fully saturated rings. The number of benzene rings is 2. The third-order valence-electron chi connectivity index (χ3n) is 5.07. The number of nitrogens with zero attached hydrogens (tertiary/aromatic N) is 3.